The quantitative estimate of drug-likeness (QED) is 0.647. The molecule has 0 fully saturated rings. The molecule has 2 heterocycles. The fraction of sp³-hybridized carbons (Fsp3) is 0.158. The number of nitrogens with zero attached hydrogens (tertiary/aromatic N) is 4. The molecule has 138 valence electrons. The van der Waals surface area contributed by atoms with E-state index in [-0.39, 0.29) is 29.2 Å². The fourth-order valence-electron chi connectivity index (χ4n) is 2.67. The second-order valence-electron chi connectivity index (χ2n) is 6.00. The monoisotopic (exact) mass is 378 g/mol. The van der Waals surface area contributed by atoms with Crippen LogP contribution in [0.4, 0.5) is 8.78 Å². The fourth-order valence-corrected chi connectivity index (χ4v) is 2.67. The number of ether oxygens (including phenoxy) is 1. The summed E-state index contributed by atoms with van der Waals surface area (Å²) in [5.74, 6) is -1.39. The second kappa shape index (κ2) is 7.60. The van der Waals surface area contributed by atoms with E-state index in [1.807, 2.05) is 6.07 Å². The van der Waals surface area contributed by atoms with Crippen LogP contribution in [0.2, 0.25) is 0 Å². The number of aromatic nitrogens is 3. The second-order valence-corrected chi connectivity index (χ2v) is 6.00. The van der Waals surface area contributed by atoms with Crippen molar-refractivity contribution in [2.24, 2.45) is 0 Å². The van der Waals surface area contributed by atoms with Crippen molar-refractivity contribution < 1.29 is 13.5 Å². The van der Waals surface area contributed by atoms with Gasteiger partial charge < -0.3 is 4.74 Å². The Hall–Kier alpha value is -3.54. The van der Waals surface area contributed by atoms with Crippen LogP contribution in [0.5, 0.6) is 5.75 Å². The molecule has 0 spiro atoms. The van der Waals surface area contributed by atoms with Crippen LogP contribution in [0, 0.1) is 36.8 Å². The van der Waals surface area contributed by atoms with Crippen LogP contribution in [0.15, 0.2) is 35.3 Å². The molecule has 0 atom stereocenters. The third-order valence-corrected chi connectivity index (χ3v) is 4.08. The maximum absolute atomic E-state index is 13.8. The summed E-state index contributed by atoms with van der Waals surface area (Å²) in [5, 5.41) is 8.87. The van der Waals surface area contributed by atoms with E-state index in [0.29, 0.717) is 17.1 Å². The van der Waals surface area contributed by atoms with Gasteiger partial charge in [-0.3, -0.25) is 9.36 Å². The first-order valence-electron chi connectivity index (χ1n) is 8.14. The van der Waals surface area contributed by atoms with Crippen molar-refractivity contribution in [2.75, 3.05) is 0 Å². The van der Waals surface area contributed by atoms with E-state index in [4.69, 9.17) is 17.8 Å². The van der Waals surface area contributed by atoms with Crippen molar-refractivity contribution >= 4 is 13.3 Å². The van der Waals surface area contributed by atoms with Gasteiger partial charge in [-0.1, -0.05) is 0 Å². The molecular weight excluding hydrogens is 365 g/mol. The zero-order chi connectivity index (χ0) is 20.4. The van der Waals surface area contributed by atoms with Gasteiger partial charge in [0.15, 0.2) is 0 Å². The molecular formula is C19H13BF2N4O2. The Morgan fingerprint density at radius 3 is 2.68 bits per heavy atom. The van der Waals surface area contributed by atoms with E-state index in [1.165, 1.54) is 22.9 Å². The molecule has 0 saturated heterocycles. The summed E-state index contributed by atoms with van der Waals surface area (Å²) in [7, 11) is 5.92. The lowest BCUT2D eigenvalue weighted by atomic mass is 9.96. The van der Waals surface area contributed by atoms with Crippen molar-refractivity contribution in [2.45, 2.75) is 20.5 Å². The molecule has 0 amide bonds. The van der Waals surface area contributed by atoms with Crippen molar-refractivity contribution in [1.29, 1.82) is 5.26 Å². The van der Waals surface area contributed by atoms with Gasteiger partial charge in [0.25, 0.3) is 5.56 Å². The van der Waals surface area contributed by atoms with Crippen molar-refractivity contribution in [3.63, 3.8) is 0 Å². The molecule has 1 aromatic carbocycles. The van der Waals surface area contributed by atoms with Crippen LogP contribution in [0.3, 0.4) is 0 Å². The molecule has 6 nitrogen and oxygen atoms in total. The Bertz CT molecular complexity index is 1170. The average Bonchev–Trinajstić information content (AvgIpc) is 2.66. The zero-order valence-electron chi connectivity index (χ0n) is 15.0. The largest absolute Gasteiger partial charge is 0.489 e. The molecule has 2 radical (unpaired) electrons. The summed E-state index contributed by atoms with van der Waals surface area (Å²) < 4.78 is 33.5. The highest BCUT2D eigenvalue weighted by atomic mass is 19.1. The van der Waals surface area contributed by atoms with Crippen LogP contribution in [-0.4, -0.2) is 22.4 Å². The number of halogens is 2. The molecule has 0 aliphatic carbocycles. The standard InChI is InChI=1S/C19H13BF2N4O2/c1-10-5-16(28-9-12-3-4-13(21)6-14(12)22)18(20)19(27)26(10)15-8-24-17(7-23)25-11(15)2/h3-6,8H,9H2,1-2H3. The van der Waals surface area contributed by atoms with Gasteiger partial charge in [0.05, 0.1) is 17.6 Å². The topological polar surface area (TPSA) is 80.8 Å². The van der Waals surface area contributed by atoms with Gasteiger partial charge in [0, 0.05) is 22.8 Å². The molecule has 3 rings (SSSR count). The van der Waals surface area contributed by atoms with Crippen molar-refractivity contribution in [1.82, 2.24) is 14.5 Å². The van der Waals surface area contributed by atoms with E-state index in [0.717, 1.165) is 12.1 Å². The number of hydrogen-bond acceptors (Lipinski definition) is 5. The van der Waals surface area contributed by atoms with Crippen LogP contribution in [0.1, 0.15) is 22.8 Å². The number of pyridine rings is 1. The van der Waals surface area contributed by atoms with E-state index in [2.05, 4.69) is 9.97 Å². The van der Waals surface area contributed by atoms with Gasteiger partial charge in [0.1, 0.15) is 37.9 Å². The highest BCUT2D eigenvalue weighted by molar-refractivity contribution is 6.34. The van der Waals surface area contributed by atoms with E-state index < -0.39 is 17.2 Å². The number of nitriles is 1. The van der Waals surface area contributed by atoms with Gasteiger partial charge >= 0.3 is 0 Å². The molecule has 0 saturated carbocycles. The Kier molecular flexibility index (Phi) is 5.22. The first kappa shape index (κ1) is 19.2. The Morgan fingerprint density at radius 2 is 2.04 bits per heavy atom. The predicted molar refractivity (Wildman–Crippen MR) is 97.9 cm³/mol. The SMILES string of the molecule is [B]c1c(OCc2ccc(F)cc2F)cc(C)n(-c2cnc(C#N)nc2C)c1=O. The van der Waals surface area contributed by atoms with Crippen molar-refractivity contribution in [3.05, 3.63) is 75.2 Å². The van der Waals surface area contributed by atoms with Crippen LogP contribution in [-0.2, 0) is 6.61 Å². The lowest BCUT2D eigenvalue weighted by Crippen LogP contribution is -2.36. The van der Waals surface area contributed by atoms with Gasteiger partial charge in [-0.25, -0.2) is 18.7 Å². The van der Waals surface area contributed by atoms with Gasteiger partial charge in [0.2, 0.25) is 5.82 Å². The summed E-state index contributed by atoms with van der Waals surface area (Å²) in [6.07, 6.45) is 1.36. The smallest absolute Gasteiger partial charge is 0.251 e. The maximum Gasteiger partial charge on any atom is 0.251 e. The molecule has 3 aromatic rings. The third kappa shape index (κ3) is 3.62. The van der Waals surface area contributed by atoms with Crippen LogP contribution >= 0.6 is 0 Å². The molecule has 0 aliphatic rings. The first-order chi connectivity index (χ1) is 13.3. The molecule has 0 unspecified atom stereocenters. The van der Waals surface area contributed by atoms with Gasteiger partial charge in [-0.2, -0.15) is 5.26 Å². The maximum atomic E-state index is 13.8. The minimum Gasteiger partial charge on any atom is -0.489 e. The summed E-state index contributed by atoms with van der Waals surface area (Å²) in [5.41, 5.74) is 0.662. The Balaban J connectivity index is 1.97. The summed E-state index contributed by atoms with van der Waals surface area (Å²) in [4.78, 5) is 20.7. The van der Waals surface area contributed by atoms with Gasteiger partial charge in [-0.15, -0.1) is 0 Å². The molecule has 28 heavy (non-hydrogen) atoms. The molecule has 0 aliphatic heterocycles. The third-order valence-electron chi connectivity index (χ3n) is 4.08. The molecule has 2 aromatic heterocycles. The van der Waals surface area contributed by atoms with E-state index >= 15 is 0 Å². The number of rotatable bonds is 4. The Labute approximate surface area is 160 Å². The average molecular weight is 378 g/mol. The summed E-state index contributed by atoms with van der Waals surface area (Å²) >= 11 is 0. The highest BCUT2D eigenvalue weighted by Gasteiger charge is 2.15. The lowest BCUT2D eigenvalue weighted by molar-refractivity contribution is 0.301. The van der Waals surface area contributed by atoms with Crippen LogP contribution in [0.25, 0.3) is 5.69 Å². The summed E-state index contributed by atoms with van der Waals surface area (Å²) in [6.45, 7) is 3.07. The highest BCUT2D eigenvalue weighted by Crippen LogP contribution is 2.17. The molecule has 0 bridgehead atoms. The summed E-state index contributed by atoms with van der Waals surface area (Å²) in [6, 6.07) is 6.47. The first-order valence-corrected chi connectivity index (χ1v) is 8.14. The number of aryl methyl sites for hydroxylation is 2. The van der Waals surface area contributed by atoms with Crippen molar-refractivity contribution in [3.8, 4) is 17.5 Å². The van der Waals surface area contributed by atoms with Gasteiger partial charge in [-0.05, 0) is 32.0 Å². The minimum absolute atomic E-state index is 0.0128. The predicted octanol–water partition coefficient (Wildman–Crippen LogP) is 1.77. The normalized spacial score (nSPS) is 10.5. The zero-order valence-corrected chi connectivity index (χ0v) is 15.0. The van der Waals surface area contributed by atoms with E-state index in [1.54, 1.807) is 13.8 Å². The minimum atomic E-state index is -0.756. The van der Waals surface area contributed by atoms with E-state index in [9.17, 15) is 13.6 Å². The van der Waals surface area contributed by atoms with Crippen LogP contribution < -0.4 is 15.8 Å². The Morgan fingerprint density at radius 1 is 1.29 bits per heavy atom. The number of hydrogen-bond donors (Lipinski definition) is 0. The molecule has 9 heteroatoms. The number of benzene rings is 1. The molecule has 0 N–H and O–H groups in total. The lowest BCUT2D eigenvalue weighted by Gasteiger charge is -2.16.